The molecule has 7 nitrogen and oxygen atoms in total. The van der Waals surface area contributed by atoms with Gasteiger partial charge >= 0.3 is 12.0 Å². The van der Waals surface area contributed by atoms with Crippen molar-refractivity contribution < 1.29 is 19.5 Å². The summed E-state index contributed by atoms with van der Waals surface area (Å²) in [5.41, 5.74) is 0.361. The van der Waals surface area contributed by atoms with Crippen LogP contribution >= 0.6 is 11.6 Å². The first-order valence-electron chi connectivity index (χ1n) is 7.70. The zero-order chi connectivity index (χ0) is 17.9. The van der Waals surface area contributed by atoms with E-state index in [1.165, 1.54) is 23.1 Å². The van der Waals surface area contributed by atoms with Crippen molar-refractivity contribution in [3.05, 3.63) is 28.8 Å². The van der Waals surface area contributed by atoms with E-state index in [-0.39, 0.29) is 28.6 Å². The topological polar surface area (TPSA) is 98.7 Å². The largest absolute Gasteiger partial charge is 0.478 e. The Morgan fingerprint density at radius 3 is 2.62 bits per heavy atom. The lowest BCUT2D eigenvalue weighted by Crippen LogP contribution is -2.49. The minimum atomic E-state index is -1.13. The molecule has 8 heteroatoms. The van der Waals surface area contributed by atoms with E-state index in [1.807, 2.05) is 13.8 Å². The molecule has 0 radical (unpaired) electrons. The number of nitrogens with one attached hydrogen (secondary N) is 2. The lowest BCUT2D eigenvalue weighted by molar-refractivity contribution is -0.119. The molecule has 1 aromatic rings. The Bertz CT molecular complexity index is 663. The molecule has 2 rings (SSSR count). The number of carbonyl (C=O) groups is 3. The summed E-state index contributed by atoms with van der Waals surface area (Å²) >= 11 is 5.90. The van der Waals surface area contributed by atoms with E-state index in [0.717, 1.165) is 6.42 Å². The van der Waals surface area contributed by atoms with Crippen LogP contribution in [0.3, 0.4) is 0 Å². The average molecular weight is 354 g/mol. The van der Waals surface area contributed by atoms with Crippen molar-refractivity contribution in [1.82, 2.24) is 10.2 Å². The Kier molecular flexibility index (Phi) is 5.66. The van der Waals surface area contributed by atoms with Crippen LogP contribution in [0.1, 0.15) is 37.0 Å². The normalized spacial score (nSPS) is 17.0. The van der Waals surface area contributed by atoms with Crippen LogP contribution in [-0.4, -0.2) is 46.5 Å². The fourth-order valence-electron chi connectivity index (χ4n) is 2.60. The third-order valence-corrected chi connectivity index (χ3v) is 4.01. The van der Waals surface area contributed by atoms with Gasteiger partial charge in [-0.1, -0.05) is 11.6 Å². The Morgan fingerprint density at radius 1 is 1.33 bits per heavy atom. The molecule has 1 saturated heterocycles. The minimum absolute atomic E-state index is 0.0100. The number of benzene rings is 1. The van der Waals surface area contributed by atoms with Crippen LogP contribution in [0.2, 0.25) is 5.02 Å². The van der Waals surface area contributed by atoms with E-state index < -0.39 is 12.0 Å². The summed E-state index contributed by atoms with van der Waals surface area (Å²) in [7, 11) is 0. The van der Waals surface area contributed by atoms with Crippen LogP contribution in [0.4, 0.5) is 10.5 Å². The van der Waals surface area contributed by atoms with Gasteiger partial charge in [0.05, 0.1) is 10.6 Å². The van der Waals surface area contributed by atoms with Crippen LogP contribution in [0.15, 0.2) is 18.2 Å². The van der Waals surface area contributed by atoms with Gasteiger partial charge in [-0.25, -0.2) is 9.59 Å². The number of aromatic carboxylic acids is 1. The average Bonchev–Trinajstić information content (AvgIpc) is 2.95. The molecule has 1 fully saturated rings. The first-order chi connectivity index (χ1) is 11.3. The summed E-state index contributed by atoms with van der Waals surface area (Å²) in [6.07, 6.45) is 1.33. The molecule has 3 N–H and O–H groups in total. The van der Waals surface area contributed by atoms with Gasteiger partial charge in [0.15, 0.2) is 0 Å². The summed E-state index contributed by atoms with van der Waals surface area (Å²) in [6, 6.07) is 3.36. The summed E-state index contributed by atoms with van der Waals surface area (Å²) < 4.78 is 0. The molecule has 0 unspecified atom stereocenters. The zero-order valence-corrected chi connectivity index (χ0v) is 14.3. The van der Waals surface area contributed by atoms with Gasteiger partial charge in [-0.05, 0) is 44.9 Å². The number of anilines is 1. The molecule has 0 bridgehead atoms. The maximum Gasteiger partial charge on any atom is 0.337 e. The van der Waals surface area contributed by atoms with Gasteiger partial charge in [0.25, 0.3) is 0 Å². The second-order valence-electron chi connectivity index (χ2n) is 5.94. The van der Waals surface area contributed by atoms with Crippen LogP contribution in [-0.2, 0) is 4.79 Å². The van der Waals surface area contributed by atoms with E-state index in [1.54, 1.807) is 0 Å². The molecule has 1 aliphatic rings. The summed E-state index contributed by atoms with van der Waals surface area (Å²) in [5, 5.41) is 14.5. The summed E-state index contributed by atoms with van der Waals surface area (Å²) in [4.78, 5) is 37.1. The molecule has 1 aliphatic heterocycles. The standard InChI is InChI=1S/C16H20ClN3O4/c1-9(2)18-16(24)20-7-3-4-13(20)14(21)19-10-5-6-11(15(22)23)12(17)8-10/h5-6,8-9,13H,3-4,7H2,1-2H3,(H,18,24)(H,19,21)(H,22,23)/t13-/m0/s1. The maximum atomic E-state index is 12.5. The van der Waals surface area contributed by atoms with Gasteiger partial charge in [-0.3, -0.25) is 4.79 Å². The van der Waals surface area contributed by atoms with Crippen molar-refractivity contribution in [2.75, 3.05) is 11.9 Å². The van der Waals surface area contributed by atoms with Crippen molar-refractivity contribution in [3.63, 3.8) is 0 Å². The van der Waals surface area contributed by atoms with E-state index in [0.29, 0.717) is 18.7 Å². The number of rotatable bonds is 4. The van der Waals surface area contributed by atoms with Crippen LogP contribution in [0, 0.1) is 0 Å². The minimum Gasteiger partial charge on any atom is -0.478 e. The highest BCUT2D eigenvalue weighted by Gasteiger charge is 2.34. The highest BCUT2D eigenvalue weighted by Crippen LogP contribution is 2.23. The lowest BCUT2D eigenvalue weighted by atomic mass is 10.1. The van der Waals surface area contributed by atoms with Gasteiger partial charge in [0, 0.05) is 18.3 Å². The third-order valence-electron chi connectivity index (χ3n) is 3.70. The van der Waals surface area contributed by atoms with Crippen LogP contribution < -0.4 is 10.6 Å². The van der Waals surface area contributed by atoms with Crippen molar-refractivity contribution in [2.45, 2.75) is 38.8 Å². The second kappa shape index (κ2) is 7.53. The molecule has 24 heavy (non-hydrogen) atoms. The highest BCUT2D eigenvalue weighted by atomic mass is 35.5. The zero-order valence-electron chi connectivity index (χ0n) is 13.5. The quantitative estimate of drug-likeness (QED) is 0.774. The van der Waals surface area contributed by atoms with Crippen LogP contribution in [0.25, 0.3) is 0 Å². The number of amides is 3. The smallest absolute Gasteiger partial charge is 0.337 e. The highest BCUT2D eigenvalue weighted by molar-refractivity contribution is 6.33. The number of likely N-dealkylation sites (tertiary alicyclic amines) is 1. The lowest BCUT2D eigenvalue weighted by Gasteiger charge is -2.25. The van der Waals surface area contributed by atoms with Gasteiger partial charge < -0.3 is 20.6 Å². The fourth-order valence-corrected chi connectivity index (χ4v) is 2.87. The third kappa shape index (κ3) is 4.17. The van der Waals surface area contributed by atoms with Crippen molar-refractivity contribution in [3.8, 4) is 0 Å². The van der Waals surface area contributed by atoms with Gasteiger partial charge in [-0.15, -0.1) is 0 Å². The van der Waals surface area contributed by atoms with E-state index in [4.69, 9.17) is 16.7 Å². The summed E-state index contributed by atoms with van der Waals surface area (Å²) in [5.74, 6) is -1.45. The van der Waals surface area contributed by atoms with Gasteiger partial charge in [0.2, 0.25) is 5.91 Å². The first-order valence-corrected chi connectivity index (χ1v) is 8.08. The fraction of sp³-hybridized carbons (Fsp3) is 0.438. The molecule has 1 heterocycles. The van der Waals surface area contributed by atoms with Crippen molar-refractivity contribution in [2.24, 2.45) is 0 Å². The summed E-state index contributed by atoms with van der Waals surface area (Å²) in [6.45, 7) is 4.24. The Hall–Kier alpha value is -2.28. The van der Waals surface area contributed by atoms with Gasteiger partial charge in [0.1, 0.15) is 6.04 Å². The molecule has 0 spiro atoms. The van der Waals surface area contributed by atoms with Crippen LogP contribution in [0.5, 0.6) is 0 Å². The predicted molar refractivity (Wildman–Crippen MR) is 90.4 cm³/mol. The predicted octanol–water partition coefficient (Wildman–Crippen LogP) is 2.56. The first kappa shape index (κ1) is 18.1. The van der Waals surface area contributed by atoms with Crippen molar-refractivity contribution >= 4 is 35.2 Å². The molecule has 3 amide bonds. The number of urea groups is 1. The van der Waals surface area contributed by atoms with E-state index >= 15 is 0 Å². The molecular formula is C16H20ClN3O4. The molecule has 1 atom stereocenters. The van der Waals surface area contributed by atoms with Crippen molar-refractivity contribution in [1.29, 1.82) is 0 Å². The number of carboxylic acid groups (broad SMARTS) is 1. The Balaban J connectivity index is 2.07. The number of halogens is 1. The number of carboxylic acids is 1. The Labute approximate surface area is 145 Å². The number of hydrogen-bond acceptors (Lipinski definition) is 3. The SMILES string of the molecule is CC(C)NC(=O)N1CCC[C@H]1C(=O)Nc1ccc(C(=O)O)c(Cl)c1. The second-order valence-corrected chi connectivity index (χ2v) is 6.35. The monoisotopic (exact) mass is 353 g/mol. The molecule has 0 aromatic heterocycles. The Morgan fingerprint density at radius 2 is 2.04 bits per heavy atom. The number of nitrogens with zero attached hydrogens (tertiary/aromatic N) is 1. The number of hydrogen-bond donors (Lipinski definition) is 3. The van der Waals surface area contributed by atoms with Gasteiger partial charge in [-0.2, -0.15) is 0 Å². The van der Waals surface area contributed by atoms with E-state index in [9.17, 15) is 14.4 Å². The molecule has 130 valence electrons. The van der Waals surface area contributed by atoms with E-state index in [2.05, 4.69) is 10.6 Å². The maximum absolute atomic E-state index is 12.5. The molecule has 1 aromatic carbocycles. The molecule has 0 aliphatic carbocycles. The number of carbonyl (C=O) groups excluding carboxylic acids is 2. The molecule has 0 saturated carbocycles. The molecular weight excluding hydrogens is 334 g/mol.